The normalized spacial score (nSPS) is 12.0. The van der Waals surface area contributed by atoms with E-state index >= 15 is 0 Å². The number of hydrogen-bond acceptors (Lipinski definition) is 6. The van der Waals surface area contributed by atoms with E-state index in [4.69, 9.17) is 0 Å². The lowest BCUT2D eigenvalue weighted by Gasteiger charge is -2.19. The monoisotopic (exact) mass is 413 g/mol. The van der Waals surface area contributed by atoms with Crippen LogP contribution in [0.1, 0.15) is 30.8 Å². The number of nitrogens with zero attached hydrogens (tertiary/aromatic N) is 5. The third-order valence-electron chi connectivity index (χ3n) is 4.75. The van der Waals surface area contributed by atoms with Gasteiger partial charge in [0, 0.05) is 25.8 Å². The van der Waals surface area contributed by atoms with Crippen LogP contribution in [-0.4, -0.2) is 45.1 Å². The van der Waals surface area contributed by atoms with Crippen molar-refractivity contribution < 1.29 is 8.42 Å². The number of rotatable bonds is 9. The van der Waals surface area contributed by atoms with Gasteiger partial charge in [-0.05, 0) is 38.9 Å². The topological polar surface area (TPSA) is 81.0 Å². The van der Waals surface area contributed by atoms with Gasteiger partial charge in [-0.25, -0.2) is 23.4 Å². The molecule has 0 aliphatic heterocycles. The van der Waals surface area contributed by atoms with E-state index < -0.39 is 15.1 Å². The molecule has 0 spiro atoms. The molecule has 7 nitrogen and oxygen atoms in total. The second kappa shape index (κ2) is 9.28. The maximum Gasteiger partial charge on any atom is 0.228 e. The molecule has 29 heavy (non-hydrogen) atoms. The highest BCUT2D eigenvalue weighted by atomic mass is 32.2. The molecule has 0 aliphatic rings. The summed E-state index contributed by atoms with van der Waals surface area (Å²) in [6.07, 6.45) is 5.66. The molecule has 3 aromatic rings. The Morgan fingerprint density at radius 1 is 1.07 bits per heavy atom. The SMILES string of the molecule is CC(C)S(=O)(=O)c1ncc(CN(C)Cc2ccncn2)n1CCc1ccccc1. The van der Waals surface area contributed by atoms with Crippen LogP contribution in [0.15, 0.2) is 60.3 Å². The molecule has 154 valence electrons. The van der Waals surface area contributed by atoms with Gasteiger partial charge in [0.05, 0.1) is 22.8 Å². The van der Waals surface area contributed by atoms with E-state index in [1.54, 1.807) is 26.2 Å². The summed E-state index contributed by atoms with van der Waals surface area (Å²) in [5, 5.41) is -0.374. The number of aryl methyl sites for hydroxylation is 1. The van der Waals surface area contributed by atoms with Gasteiger partial charge in [0.2, 0.25) is 15.0 Å². The van der Waals surface area contributed by atoms with Gasteiger partial charge in [-0.2, -0.15) is 0 Å². The third-order valence-corrected chi connectivity index (χ3v) is 6.83. The van der Waals surface area contributed by atoms with Gasteiger partial charge in [0.15, 0.2) is 0 Å². The molecular formula is C21H27N5O2S. The second-order valence-electron chi connectivity index (χ2n) is 7.39. The van der Waals surface area contributed by atoms with Crippen LogP contribution in [0.4, 0.5) is 0 Å². The molecule has 0 saturated heterocycles. The Labute approximate surface area is 172 Å². The maximum atomic E-state index is 12.8. The zero-order valence-electron chi connectivity index (χ0n) is 17.1. The number of sulfone groups is 1. The van der Waals surface area contributed by atoms with Crippen LogP contribution in [0.25, 0.3) is 0 Å². The van der Waals surface area contributed by atoms with Crippen molar-refractivity contribution in [1.29, 1.82) is 0 Å². The smallest absolute Gasteiger partial charge is 0.228 e. The van der Waals surface area contributed by atoms with Crippen molar-refractivity contribution in [2.45, 2.75) is 50.3 Å². The van der Waals surface area contributed by atoms with Crippen molar-refractivity contribution in [2.24, 2.45) is 0 Å². The lowest BCUT2D eigenvalue weighted by atomic mass is 10.1. The summed E-state index contributed by atoms with van der Waals surface area (Å²) in [5.74, 6) is 0. The molecule has 0 fully saturated rings. The van der Waals surface area contributed by atoms with Gasteiger partial charge in [0.1, 0.15) is 6.33 Å². The fourth-order valence-electron chi connectivity index (χ4n) is 3.10. The minimum absolute atomic E-state index is 0.147. The largest absolute Gasteiger partial charge is 0.317 e. The van der Waals surface area contributed by atoms with E-state index in [2.05, 4.69) is 32.0 Å². The summed E-state index contributed by atoms with van der Waals surface area (Å²) in [5.41, 5.74) is 2.94. The van der Waals surface area contributed by atoms with Crippen LogP contribution in [0.5, 0.6) is 0 Å². The maximum absolute atomic E-state index is 12.8. The highest BCUT2D eigenvalue weighted by Crippen LogP contribution is 2.19. The Morgan fingerprint density at radius 2 is 1.83 bits per heavy atom. The standard InChI is InChI=1S/C21H27N5O2S/c1-17(2)29(27,28)21-23-13-20(15-25(3)14-19-9-11-22-16-24-19)26(21)12-10-18-7-5-4-6-8-18/h4-9,11,13,16-17H,10,12,14-15H2,1-3H3. The number of benzene rings is 1. The minimum Gasteiger partial charge on any atom is -0.317 e. The van der Waals surface area contributed by atoms with E-state index in [-0.39, 0.29) is 5.16 Å². The number of hydrogen-bond donors (Lipinski definition) is 0. The van der Waals surface area contributed by atoms with Gasteiger partial charge in [-0.15, -0.1) is 0 Å². The quantitative estimate of drug-likeness (QED) is 0.537. The summed E-state index contributed by atoms with van der Waals surface area (Å²) in [4.78, 5) is 14.6. The highest BCUT2D eigenvalue weighted by molar-refractivity contribution is 7.91. The molecule has 0 aliphatic carbocycles. The second-order valence-corrected chi connectivity index (χ2v) is 9.78. The van der Waals surface area contributed by atoms with Crippen LogP contribution in [0, 0.1) is 0 Å². The van der Waals surface area contributed by atoms with Crippen molar-refractivity contribution in [3.8, 4) is 0 Å². The van der Waals surface area contributed by atoms with E-state index in [0.717, 1.165) is 23.4 Å². The van der Waals surface area contributed by atoms with Crippen LogP contribution in [-0.2, 0) is 35.9 Å². The summed E-state index contributed by atoms with van der Waals surface area (Å²) < 4.78 is 27.5. The highest BCUT2D eigenvalue weighted by Gasteiger charge is 2.26. The zero-order chi connectivity index (χ0) is 20.9. The predicted molar refractivity (Wildman–Crippen MR) is 112 cm³/mol. The Bertz CT molecular complexity index is 1020. The van der Waals surface area contributed by atoms with Gasteiger partial charge >= 0.3 is 0 Å². The first-order valence-corrected chi connectivity index (χ1v) is 11.2. The molecule has 0 bridgehead atoms. The molecule has 0 radical (unpaired) electrons. The van der Waals surface area contributed by atoms with Crippen LogP contribution in [0.3, 0.4) is 0 Å². The Morgan fingerprint density at radius 3 is 2.48 bits per heavy atom. The van der Waals surface area contributed by atoms with Crippen LogP contribution >= 0.6 is 0 Å². The molecule has 0 N–H and O–H groups in total. The molecule has 0 amide bonds. The first-order chi connectivity index (χ1) is 13.9. The van der Waals surface area contributed by atoms with Crippen molar-refractivity contribution in [1.82, 2.24) is 24.4 Å². The molecule has 2 heterocycles. The molecule has 8 heteroatoms. The molecule has 1 aromatic carbocycles. The Kier molecular flexibility index (Phi) is 6.76. The first kappa shape index (κ1) is 21.1. The Hall–Kier alpha value is -2.58. The Balaban J connectivity index is 1.84. The average molecular weight is 414 g/mol. The summed E-state index contributed by atoms with van der Waals surface area (Å²) in [6, 6.07) is 11.9. The molecule has 0 atom stereocenters. The van der Waals surface area contributed by atoms with Crippen molar-refractivity contribution in [3.63, 3.8) is 0 Å². The fourth-order valence-corrected chi connectivity index (χ4v) is 4.24. The zero-order valence-corrected chi connectivity index (χ0v) is 17.9. The minimum atomic E-state index is -3.47. The lowest BCUT2D eigenvalue weighted by Crippen LogP contribution is -2.24. The van der Waals surface area contributed by atoms with Gasteiger partial charge in [-0.3, -0.25) is 4.90 Å². The predicted octanol–water partition coefficient (Wildman–Crippen LogP) is 2.73. The summed E-state index contributed by atoms with van der Waals surface area (Å²) in [7, 11) is -1.49. The van der Waals surface area contributed by atoms with Crippen LogP contribution in [0.2, 0.25) is 0 Å². The lowest BCUT2D eigenvalue weighted by molar-refractivity contribution is 0.304. The van der Waals surface area contributed by atoms with E-state index in [0.29, 0.717) is 19.6 Å². The van der Waals surface area contributed by atoms with Crippen molar-refractivity contribution in [2.75, 3.05) is 7.05 Å². The average Bonchev–Trinajstić information content (AvgIpc) is 3.10. The van der Waals surface area contributed by atoms with Gasteiger partial charge < -0.3 is 4.57 Å². The van der Waals surface area contributed by atoms with Crippen molar-refractivity contribution >= 4 is 9.84 Å². The molecule has 3 rings (SSSR count). The van der Waals surface area contributed by atoms with E-state index in [1.807, 2.05) is 35.9 Å². The van der Waals surface area contributed by atoms with Crippen molar-refractivity contribution in [3.05, 3.63) is 72.1 Å². The summed E-state index contributed by atoms with van der Waals surface area (Å²) >= 11 is 0. The summed E-state index contributed by atoms with van der Waals surface area (Å²) in [6.45, 7) is 5.14. The van der Waals surface area contributed by atoms with E-state index in [1.165, 1.54) is 6.33 Å². The number of imidazole rings is 1. The number of aromatic nitrogens is 4. The van der Waals surface area contributed by atoms with Gasteiger partial charge in [-0.1, -0.05) is 30.3 Å². The first-order valence-electron chi connectivity index (χ1n) is 9.63. The molecular weight excluding hydrogens is 386 g/mol. The molecule has 2 aromatic heterocycles. The van der Waals surface area contributed by atoms with E-state index in [9.17, 15) is 8.42 Å². The van der Waals surface area contributed by atoms with Crippen LogP contribution < -0.4 is 0 Å². The third kappa shape index (κ3) is 5.27. The van der Waals surface area contributed by atoms with Gasteiger partial charge in [0.25, 0.3) is 0 Å². The fraction of sp³-hybridized carbons (Fsp3) is 0.381. The molecule has 0 unspecified atom stereocenters. The molecule has 0 saturated carbocycles.